The molecule has 25 heavy (non-hydrogen) atoms. The quantitative estimate of drug-likeness (QED) is 0.854. The van der Waals surface area contributed by atoms with Crippen LogP contribution in [-0.4, -0.2) is 33.7 Å². The number of likely N-dealkylation sites (tertiary alicyclic amines) is 1. The number of aromatic nitrogens is 2. The van der Waals surface area contributed by atoms with Crippen LogP contribution in [0, 0.1) is 12.8 Å². The average Bonchev–Trinajstić information content (AvgIpc) is 3.35. The average molecular weight is 345 g/mol. The van der Waals surface area contributed by atoms with Crippen LogP contribution in [0.25, 0.3) is 11.5 Å². The molecule has 0 bridgehead atoms. The molecule has 1 aliphatic heterocycles. The third-order valence-corrected chi connectivity index (χ3v) is 5.49. The van der Waals surface area contributed by atoms with Gasteiger partial charge in [-0.1, -0.05) is 12.8 Å². The molecule has 2 aliphatic rings. The van der Waals surface area contributed by atoms with Crippen molar-refractivity contribution in [3.05, 3.63) is 28.6 Å². The molecule has 0 atom stereocenters. The summed E-state index contributed by atoms with van der Waals surface area (Å²) in [5, 5.41) is 4.36. The van der Waals surface area contributed by atoms with Crippen LogP contribution in [0.2, 0.25) is 0 Å². The molecule has 1 saturated carbocycles. The second kappa shape index (κ2) is 6.54. The lowest BCUT2D eigenvalue weighted by molar-refractivity contribution is -0.136. The summed E-state index contributed by atoms with van der Waals surface area (Å²) in [6.45, 7) is 3.17. The van der Waals surface area contributed by atoms with Crippen LogP contribution in [0.3, 0.4) is 0 Å². The fraction of sp³-hybridized carbons (Fsp3) is 0.611. The number of amides is 1. The summed E-state index contributed by atoms with van der Waals surface area (Å²) in [6, 6.07) is 1.72. The van der Waals surface area contributed by atoms with E-state index in [0.717, 1.165) is 38.5 Å². The van der Waals surface area contributed by atoms with Crippen LogP contribution in [0.4, 0.5) is 0 Å². The van der Waals surface area contributed by atoms with Crippen molar-refractivity contribution < 1.29 is 13.6 Å². The highest BCUT2D eigenvalue weighted by molar-refractivity contribution is 5.79. The predicted molar refractivity (Wildman–Crippen MR) is 90.0 cm³/mol. The van der Waals surface area contributed by atoms with E-state index in [1.54, 1.807) is 12.3 Å². The summed E-state index contributed by atoms with van der Waals surface area (Å²) < 4.78 is 12.0. The first kappa shape index (κ1) is 16.2. The molecule has 0 spiro atoms. The summed E-state index contributed by atoms with van der Waals surface area (Å²) >= 11 is 0. The molecule has 0 aromatic carbocycles. The molecule has 0 N–H and O–H groups in total. The van der Waals surface area contributed by atoms with Crippen molar-refractivity contribution in [2.24, 2.45) is 5.92 Å². The molecule has 7 heteroatoms. The Morgan fingerprint density at radius 1 is 1.20 bits per heavy atom. The molecular weight excluding hydrogens is 322 g/mol. The maximum Gasteiger partial charge on any atom is 0.437 e. The lowest BCUT2D eigenvalue weighted by atomic mass is 10.0. The molecule has 2 fully saturated rings. The summed E-state index contributed by atoms with van der Waals surface area (Å²) in [5.41, 5.74) is 0.699. The third-order valence-electron chi connectivity index (χ3n) is 5.49. The van der Waals surface area contributed by atoms with E-state index in [4.69, 9.17) is 8.83 Å². The summed E-state index contributed by atoms with van der Waals surface area (Å²) in [4.78, 5) is 26.7. The molecule has 2 aromatic rings. The number of hydrogen-bond donors (Lipinski definition) is 0. The van der Waals surface area contributed by atoms with E-state index in [0.29, 0.717) is 30.3 Å². The van der Waals surface area contributed by atoms with E-state index in [9.17, 15) is 9.59 Å². The molecule has 3 heterocycles. The van der Waals surface area contributed by atoms with Gasteiger partial charge in [-0.05, 0) is 38.7 Å². The van der Waals surface area contributed by atoms with E-state index in [2.05, 4.69) is 5.10 Å². The summed E-state index contributed by atoms with van der Waals surface area (Å²) in [7, 11) is 0. The predicted octanol–water partition coefficient (Wildman–Crippen LogP) is 2.76. The minimum Gasteiger partial charge on any atom is -0.469 e. The zero-order chi connectivity index (χ0) is 17.4. The number of piperidine rings is 1. The molecule has 1 saturated heterocycles. The van der Waals surface area contributed by atoms with Crippen molar-refractivity contribution >= 4 is 5.91 Å². The highest BCUT2D eigenvalue weighted by atomic mass is 16.4. The van der Waals surface area contributed by atoms with Crippen LogP contribution < -0.4 is 5.76 Å². The van der Waals surface area contributed by atoms with Gasteiger partial charge in [-0.2, -0.15) is 4.68 Å². The zero-order valence-electron chi connectivity index (χ0n) is 14.4. The highest BCUT2D eigenvalue weighted by Crippen LogP contribution is 2.29. The van der Waals surface area contributed by atoms with Gasteiger partial charge in [-0.25, -0.2) is 4.79 Å². The fourth-order valence-corrected chi connectivity index (χ4v) is 4.00. The van der Waals surface area contributed by atoms with Gasteiger partial charge < -0.3 is 13.7 Å². The van der Waals surface area contributed by atoms with Gasteiger partial charge in [-0.3, -0.25) is 4.79 Å². The van der Waals surface area contributed by atoms with Gasteiger partial charge in [0.25, 0.3) is 5.89 Å². The first-order chi connectivity index (χ1) is 12.1. The Bertz CT molecular complexity index is 804. The van der Waals surface area contributed by atoms with E-state index in [-0.39, 0.29) is 17.9 Å². The third kappa shape index (κ3) is 3.03. The SMILES string of the molecule is Cc1occc1-c1nn(C2CCN(C(=O)C3CCCC3)CC2)c(=O)o1. The van der Waals surface area contributed by atoms with Gasteiger partial charge in [0.15, 0.2) is 0 Å². The molecule has 2 aromatic heterocycles. The van der Waals surface area contributed by atoms with Gasteiger partial charge in [-0.15, -0.1) is 5.10 Å². The van der Waals surface area contributed by atoms with Crippen LogP contribution in [0.5, 0.6) is 0 Å². The lowest BCUT2D eigenvalue weighted by Gasteiger charge is -2.33. The van der Waals surface area contributed by atoms with E-state index >= 15 is 0 Å². The van der Waals surface area contributed by atoms with Crippen molar-refractivity contribution in [3.8, 4) is 11.5 Å². The minimum absolute atomic E-state index is 0.0233. The van der Waals surface area contributed by atoms with Gasteiger partial charge in [0.2, 0.25) is 5.91 Å². The molecule has 1 aliphatic carbocycles. The fourth-order valence-electron chi connectivity index (χ4n) is 4.00. The standard InChI is InChI=1S/C18H23N3O4/c1-12-15(8-11-24-12)16-19-21(18(23)25-16)14-6-9-20(10-7-14)17(22)13-4-2-3-5-13/h8,11,13-14H,2-7,9-10H2,1H3. The van der Waals surface area contributed by atoms with Crippen LogP contribution in [-0.2, 0) is 4.79 Å². The molecule has 134 valence electrons. The number of rotatable bonds is 3. The zero-order valence-corrected chi connectivity index (χ0v) is 14.4. The van der Waals surface area contributed by atoms with Gasteiger partial charge in [0, 0.05) is 19.0 Å². The minimum atomic E-state index is -0.448. The Balaban J connectivity index is 1.44. The largest absolute Gasteiger partial charge is 0.469 e. The topological polar surface area (TPSA) is 81.5 Å². The maximum absolute atomic E-state index is 12.5. The Hall–Kier alpha value is -2.31. The van der Waals surface area contributed by atoms with E-state index < -0.39 is 5.76 Å². The van der Waals surface area contributed by atoms with Gasteiger partial charge in [0.05, 0.1) is 17.9 Å². The summed E-state index contributed by atoms with van der Waals surface area (Å²) in [5.74, 6) is 1.02. The second-order valence-corrected chi connectivity index (χ2v) is 7.05. The Labute approximate surface area is 145 Å². The van der Waals surface area contributed by atoms with Crippen LogP contribution in [0.15, 0.2) is 26.0 Å². The van der Waals surface area contributed by atoms with Crippen LogP contribution in [0.1, 0.15) is 50.3 Å². The monoisotopic (exact) mass is 345 g/mol. The number of carbonyl (C=O) groups is 1. The number of carbonyl (C=O) groups excluding carboxylic acids is 1. The number of hydrogen-bond acceptors (Lipinski definition) is 5. The van der Waals surface area contributed by atoms with Gasteiger partial charge in [0.1, 0.15) is 5.76 Å². The Kier molecular flexibility index (Phi) is 4.23. The highest BCUT2D eigenvalue weighted by Gasteiger charge is 2.31. The summed E-state index contributed by atoms with van der Waals surface area (Å²) in [6.07, 6.45) is 7.39. The van der Waals surface area contributed by atoms with Crippen LogP contribution >= 0.6 is 0 Å². The number of furan rings is 1. The van der Waals surface area contributed by atoms with E-state index in [1.807, 2.05) is 11.8 Å². The normalized spacial score (nSPS) is 19.6. The molecule has 0 radical (unpaired) electrons. The van der Waals surface area contributed by atoms with Crippen molar-refractivity contribution in [2.45, 2.75) is 51.5 Å². The maximum atomic E-state index is 12.5. The molecule has 7 nitrogen and oxygen atoms in total. The molecule has 0 unspecified atom stereocenters. The van der Waals surface area contributed by atoms with Crippen molar-refractivity contribution in [3.63, 3.8) is 0 Å². The first-order valence-electron chi connectivity index (χ1n) is 9.06. The number of aryl methyl sites for hydroxylation is 1. The van der Waals surface area contributed by atoms with Gasteiger partial charge >= 0.3 is 5.76 Å². The number of nitrogens with zero attached hydrogens (tertiary/aromatic N) is 3. The molecule has 1 amide bonds. The Morgan fingerprint density at radius 3 is 2.56 bits per heavy atom. The van der Waals surface area contributed by atoms with Crippen molar-refractivity contribution in [1.29, 1.82) is 0 Å². The smallest absolute Gasteiger partial charge is 0.437 e. The molecular formula is C18H23N3O4. The first-order valence-corrected chi connectivity index (χ1v) is 9.06. The Morgan fingerprint density at radius 2 is 1.92 bits per heavy atom. The van der Waals surface area contributed by atoms with Crippen molar-refractivity contribution in [2.75, 3.05) is 13.1 Å². The molecule has 4 rings (SSSR count). The van der Waals surface area contributed by atoms with E-state index in [1.165, 1.54) is 4.68 Å². The lowest BCUT2D eigenvalue weighted by Crippen LogP contribution is -2.42. The van der Waals surface area contributed by atoms with Crippen molar-refractivity contribution in [1.82, 2.24) is 14.7 Å². The second-order valence-electron chi connectivity index (χ2n) is 7.05.